The highest BCUT2D eigenvalue weighted by Gasteiger charge is 2.11. The summed E-state index contributed by atoms with van der Waals surface area (Å²) in [6.07, 6.45) is 0.729. The van der Waals surface area contributed by atoms with Crippen molar-refractivity contribution in [1.82, 2.24) is 0 Å². The van der Waals surface area contributed by atoms with E-state index in [1.54, 1.807) is 23.5 Å². The Labute approximate surface area is 113 Å². The molecule has 2 rings (SSSR count). The Bertz CT molecular complexity index is 487. The molecule has 0 spiro atoms. The molecule has 2 N–H and O–H groups in total. The first-order valence-electron chi connectivity index (χ1n) is 5.32. The Morgan fingerprint density at radius 1 is 1.35 bits per heavy atom. The van der Waals surface area contributed by atoms with Crippen molar-refractivity contribution in [3.63, 3.8) is 0 Å². The number of hydrogen-bond donors (Lipinski definition) is 1. The van der Waals surface area contributed by atoms with E-state index in [4.69, 9.17) is 5.73 Å². The topological polar surface area (TPSA) is 26.0 Å². The van der Waals surface area contributed by atoms with Gasteiger partial charge in [-0.3, -0.25) is 0 Å². The summed E-state index contributed by atoms with van der Waals surface area (Å²) in [5.74, 6) is -0.211. The maximum atomic E-state index is 12.8. The second kappa shape index (κ2) is 5.29. The van der Waals surface area contributed by atoms with Crippen LogP contribution in [0, 0.1) is 12.7 Å². The van der Waals surface area contributed by atoms with Gasteiger partial charge in [0.05, 0.1) is 3.79 Å². The predicted molar refractivity (Wildman–Crippen MR) is 73.8 cm³/mol. The van der Waals surface area contributed by atoms with E-state index in [0.717, 1.165) is 20.6 Å². The zero-order chi connectivity index (χ0) is 12.4. The van der Waals surface area contributed by atoms with Crippen molar-refractivity contribution < 1.29 is 4.39 Å². The highest BCUT2D eigenvalue weighted by atomic mass is 79.9. The number of hydrogen-bond acceptors (Lipinski definition) is 2. The van der Waals surface area contributed by atoms with E-state index in [-0.39, 0.29) is 11.9 Å². The highest BCUT2D eigenvalue weighted by molar-refractivity contribution is 9.11. The lowest BCUT2D eigenvalue weighted by molar-refractivity contribution is 0.626. The molecule has 4 heteroatoms. The minimum Gasteiger partial charge on any atom is -0.323 e. The number of aryl methyl sites for hydroxylation is 1. The van der Waals surface area contributed by atoms with E-state index < -0.39 is 0 Å². The standard InChI is InChI=1S/C13H13BrFNS/c1-8-6-12(17-13(8)14)11(16)7-9-2-4-10(15)5-3-9/h2-6,11H,7,16H2,1H3. The Balaban J connectivity index is 2.11. The molecule has 1 unspecified atom stereocenters. The molecular formula is C13H13BrFNS. The van der Waals surface area contributed by atoms with E-state index in [2.05, 4.69) is 28.9 Å². The van der Waals surface area contributed by atoms with E-state index in [0.29, 0.717) is 0 Å². The third-order valence-electron chi connectivity index (χ3n) is 2.61. The second-order valence-electron chi connectivity index (χ2n) is 4.04. The molecule has 0 aliphatic heterocycles. The van der Waals surface area contributed by atoms with Crippen LogP contribution < -0.4 is 5.73 Å². The van der Waals surface area contributed by atoms with Gasteiger partial charge in [-0.15, -0.1) is 11.3 Å². The lowest BCUT2D eigenvalue weighted by atomic mass is 10.1. The summed E-state index contributed by atoms with van der Waals surface area (Å²) in [5, 5.41) is 0. The van der Waals surface area contributed by atoms with Crippen molar-refractivity contribution in [2.45, 2.75) is 19.4 Å². The van der Waals surface area contributed by atoms with Gasteiger partial charge in [-0.25, -0.2) is 4.39 Å². The molecule has 2 aromatic rings. The number of benzene rings is 1. The molecule has 0 saturated heterocycles. The Morgan fingerprint density at radius 2 is 2.00 bits per heavy atom. The monoisotopic (exact) mass is 313 g/mol. The van der Waals surface area contributed by atoms with Gasteiger partial charge in [0, 0.05) is 10.9 Å². The molecule has 1 aromatic heterocycles. The molecule has 1 aromatic carbocycles. The van der Waals surface area contributed by atoms with Crippen LogP contribution in [-0.2, 0) is 6.42 Å². The van der Waals surface area contributed by atoms with Crippen molar-refractivity contribution in [2.24, 2.45) is 5.73 Å². The third kappa shape index (κ3) is 3.15. The zero-order valence-electron chi connectivity index (χ0n) is 9.41. The van der Waals surface area contributed by atoms with E-state index in [9.17, 15) is 4.39 Å². The second-order valence-corrected chi connectivity index (χ2v) is 6.44. The molecule has 1 atom stereocenters. The number of nitrogens with two attached hydrogens (primary N) is 1. The first-order valence-corrected chi connectivity index (χ1v) is 6.93. The van der Waals surface area contributed by atoms with Gasteiger partial charge in [0.2, 0.25) is 0 Å². The fourth-order valence-corrected chi connectivity index (χ4v) is 3.21. The SMILES string of the molecule is Cc1cc(C(N)Cc2ccc(F)cc2)sc1Br. The predicted octanol–water partition coefficient (Wildman–Crippen LogP) is 4.20. The number of halogens is 2. The lowest BCUT2D eigenvalue weighted by Gasteiger charge is -2.09. The quantitative estimate of drug-likeness (QED) is 0.903. The number of rotatable bonds is 3. The Morgan fingerprint density at radius 3 is 2.53 bits per heavy atom. The van der Waals surface area contributed by atoms with Crippen molar-refractivity contribution in [3.8, 4) is 0 Å². The summed E-state index contributed by atoms with van der Waals surface area (Å²) in [7, 11) is 0. The molecule has 0 aliphatic rings. The summed E-state index contributed by atoms with van der Waals surface area (Å²) in [6.45, 7) is 2.05. The molecule has 0 aliphatic carbocycles. The molecule has 1 heterocycles. The summed E-state index contributed by atoms with van der Waals surface area (Å²) in [6, 6.07) is 8.57. The molecule has 90 valence electrons. The molecule has 0 radical (unpaired) electrons. The first-order chi connectivity index (χ1) is 8.06. The largest absolute Gasteiger partial charge is 0.323 e. The van der Waals surface area contributed by atoms with Crippen LogP contribution in [0.15, 0.2) is 34.1 Å². The molecule has 0 bridgehead atoms. The minimum atomic E-state index is -0.211. The zero-order valence-corrected chi connectivity index (χ0v) is 11.8. The van der Waals surface area contributed by atoms with Gasteiger partial charge in [-0.05, 0) is 58.6 Å². The average Bonchev–Trinajstić information content (AvgIpc) is 2.63. The van der Waals surface area contributed by atoms with Gasteiger partial charge in [0.15, 0.2) is 0 Å². The van der Waals surface area contributed by atoms with E-state index in [1.807, 2.05) is 0 Å². The van der Waals surface area contributed by atoms with Crippen molar-refractivity contribution >= 4 is 27.3 Å². The van der Waals surface area contributed by atoms with Crippen molar-refractivity contribution in [1.29, 1.82) is 0 Å². The van der Waals surface area contributed by atoms with Crippen LogP contribution >= 0.6 is 27.3 Å². The summed E-state index contributed by atoms with van der Waals surface area (Å²) in [5.41, 5.74) is 8.41. The number of thiophene rings is 1. The van der Waals surface area contributed by atoms with Gasteiger partial charge < -0.3 is 5.73 Å². The molecule has 1 nitrogen and oxygen atoms in total. The molecule has 17 heavy (non-hydrogen) atoms. The van der Waals surface area contributed by atoms with Gasteiger partial charge in [-0.2, -0.15) is 0 Å². The van der Waals surface area contributed by atoms with Crippen LogP contribution in [0.4, 0.5) is 4.39 Å². The summed E-state index contributed by atoms with van der Waals surface area (Å²) < 4.78 is 13.9. The lowest BCUT2D eigenvalue weighted by Crippen LogP contribution is -2.11. The van der Waals surface area contributed by atoms with E-state index in [1.165, 1.54) is 17.7 Å². The molecule has 0 amide bonds. The van der Waals surface area contributed by atoms with Gasteiger partial charge in [0.25, 0.3) is 0 Å². The van der Waals surface area contributed by atoms with Crippen LogP contribution in [0.3, 0.4) is 0 Å². The van der Waals surface area contributed by atoms with Crippen LogP contribution in [0.5, 0.6) is 0 Å². The fraction of sp³-hybridized carbons (Fsp3) is 0.231. The summed E-state index contributed by atoms with van der Waals surface area (Å²) >= 11 is 5.16. The van der Waals surface area contributed by atoms with Crippen molar-refractivity contribution in [3.05, 3.63) is 55.9 Å². The van der Waals surface area contributed by atoms with Crippen LogP contribution in [0.2, 0.25) is 0 Å². The van der Waals surface area contributed by atoms with Crippen LogP contribution in [0.25, 0.3) is 0 Å². The average molecular weight is 314 g/mol. The van der Waals surface area contributed by atoms with Crippen LogP contribution in [-0.4, -0.2) is 0 Å². The molecule has 0 saturated carbocycles. The highest BCUT2D eigenvalue weighted by Crippen LogP contribution is 2.31. The smallest absolute Gasteiger partial charge is 0.123 e. The fourth-order valence-electron chi connectivity index (χ4n) is 1.64. The Kier molecular flexibility index (Phi) is 3.97. The molecular weight excluding hydrogens is 301 g/mol. The van der Waals surface area contributed by atoms with Gasteiger partial charge in [0.1, 0.15) is 5.82 Å². The van der Waals surface area contributed by atoms with Crippen LogP contribution in [0.1, 0.15) is 22.0 Å². The van der Waals surface area contributed by atoms with Crippen molar-refractivity contribution in [2.75, 3.05) is 0 Å². The Hall–Kier alpha value is -0.710. The van der Waals surface area contributed by atoms with E-state index >= 15 is 0 Å². The summed E-state index contributed by atoms with van der Waals surface area (Å²) in [4.78, 5) is 1.15. The van der Waals surface area contributed by atoms with Gasteiger partial charge >= 0.3 is 0 Å². The minimum absolute atomic E-state index is 0.0320. The van der Waals surface area contributed by atoms with Gasteiger partial charge in [-0.1, -0.05) is 12.1 Å². The first kappa shape index (κ1) is 12.7. The molecule has 0 fully saturated rings. The maximum absolute atomic E-state index is 12.8. The third-order valence-corrected chi connectivity index (χ3v) is 4.88. The normalized spacial score (nSPS) is 12.7. The maximum Gasteiger partial charge on any atom is 0.123 e.